The van der Waals surface area contributed by atoms with E-state index in [0.717, 1.165) is 6.42 Å². The molecule has 1 fully saturated rings. The van der Waals surface area contributed by atoms with Crippen LogP contribution in [0.4, 0.5) is 0 Å². The van der Waals surface area contributed by atoms with Crippen molar-refractivity contribution in [2.75, 3.05) is 40.4 Å². The Morgan fingerprint density at radius 1 is 1.04 bits per heavy atom. The van der Waals surface area contributed by atoms with Crippen LogP contribution in [0.25, 0.3) is 0 Å². The molecule has 1 aromatic carbocycles. The molecule has 2 amide bonds. The van der Waals surface area contributed by atoms with Gasteiger partial charge in [0.15, 0.2) is 11.5 Å². The van der Waals surface area contributed by atoms with Crippen LogP contribution in [-0.4, -0.2) is 62.0 Å². The van der Waals surface area contributed by atoms with Crippen LogP contribution in [0.5, 0.6) is 11.5 Å². The molecule has 2 rings (SSSR count). The number of carbonyl (C=O) groups excluding carboxylic acids is 2. The Bertz CT molecular complexity index is 600. The molecule has 124 valence electrons. The van der Waals surface area contributed by atoms with E-state index in [1.54, 1.807) is 35.1 Å². The highest BCUT2D eigenvalue weighted by molar-refractivity contribution is 5.95. The fourth-order valence-corrected chi connectivity index (χ4v) is 2.62. The fraction of sp³-hybridized carbons (Fsp3) is 0.412. The maximum atomic E-state index is 12.7. The predicted octanol–water partition coefficient (Wildman–Crippen LogP) is 1.56. The van der Waals surface area contributed by atoms with Crippen molar-refractivity contribution in [3.8, 4) is 11.5 Å². The molecule has 0 unspecified atom stereocenters. The first-order valence-electron chi connectivity index (χ1n) is 7.53. The first-order valence-corrected chi connectivity index (χ1v) is 7.53. The Morgan fingerprint density at radius 2 is 1.70 bits per heavy atom. The van der Waals surface area contributed by atoms with Crippen molar-refractivity contribution in [3.05, 3.63) is 36.4 Å². The van der Waals surface area contributed by atoms with Gasteiger partial charge in [0.25, 0.3) is 5.91 Å². The molecule has 1 aromatic rings. The molecule has 1 aliphatic heterocycles. The average molecular weight is 318 g/mol. The second-order valence-electron chi connectivity index (χ2n) is 5.24. The van der Waals surface area contributed by atoms with E-state index in [1.807, 2.05) is 0 Å². The molecule has 0 aromatic heterocycles. The number of rotatable bonds is 4. The molecule has 0 N–H and O–H groups in total. The molecule has 6 heteroatoms. The predicted molar refractivity (Wildman–Crippen MR) is 86.8 cm³/mol. The fourth-order valence-electron chi connectivity index (χ4n) is 2.62. The molecule has 6 nitrogen and oxygen atoms in total. The lowest BCUT2D eigenvalue weighted by atomic mass is 10.1. The Labute approximate surface area is 136 Å². The van der Waals surface area contributed by atoms with E-state index < -0.39 is 0 Å². The van der Waals surface area contributed by atoms with Gasteiger partial charge in [0.05, 0.1) is 14.2 Å². The van der Waals surface area contributed by atoms with E-state index in [2.05, 4.69) is 6.58 Å². The van der Waals surface area contributed by atoms with Crippen LogP contribution >= 0.6 is 0 Å². The first-order chi connectivity index (χ1) is 11.1. The number of nitrogens with zero attached hydrogens (tertiary/aromatic N) is 2. The van der Waals surface area contributed by atoms with Gasteiger partial charge in [0, 0.05) is 31.7 Å². The molecule has 1 heterocycles. The van der Waals surface area contributed by atoms with E-state index in [1.165, 1.54) is 13.2 Å². The van der Waals surface area contributed by atoms with Crippen molar-refractivity contribution in [2.24, 2.45) is 0 Å². The SMILES string of the molecule is C=CC(=O)N1CCCN(C(=O)c2ccc(OC)c(OC)c2)CC1. The van der Waals surface area contributed by atoms with Gasteiger partial charge in [-0.25, -0.2) is 0 Å². The highest BCUT2D eigenvalue weighted by Crippen LogP contribution is 2.28. The zero-order chi connectivity index (χ0) is 16.8. The van der Waals surface area contributed by atoms with Gasteiger partial charge in [0.1, 0.15) is 0 Å². The van der Waals surface area contributed by atoms with Gasteiger partial charge in [-0.2, -0.15) is 0 Å². The average Bonchev–Trinajstić information content (AvgIpc) is 2.85. The van der Waals surface area contributed by atoms with Gasteiger partial charge in [0.2, 0.25) is 5.91 Å². The molecule has 0 atom stereocenters. The third-order valence-electron chi connectivity index (χ3n) is 3.90. The minimum atomic E-state index is -0.0922. The van der Waals surface area contributed by atoms with Crippen LogP contribution in [0.2, 0.25) is 0 Å². The summed E-state index contributed by atoms with van der Waals surface area (Å²) in [6.07, 6.45) is 2.06. The van der Waals surface area contributed by atoms with E-state index in [4.69, 9.17) is 9.47 Å². The Hall–Kier alpha value is -2.50. The summed E-state index contributed by atoms with van der Waals surface area (Å²) in [6.45, 7) is 5.79. The summed E-state index contributed by atoms with van der Waals surface area (Å²) < 4.78 is 10.4. The molecule has 0 radical (unpaired) electrons. The van der Waals surface area contributed by atoms with E-state index in [9.17, 15) is 9.59 Å². The second-order valence-corrected chi connectivity index (χ2v) is 5.24. The number of hydrogen-bond acceptors (Lipinski definition) is 4. The van der Waals surface area contributed by atoms with Crippen molar-refractivity contribution in [3.63, 3.8) is 0 Å². The summed E-state index contributed by atoms with van der Waals surface area (Å²) in [5.74, 6) is 0.948. The number of methoxy groups -OCH3 is 2. The van der Waals surface area contributed by atoms with Crippen molar-refractivity contribution in [1.29, 1.82) is 0 Å². The zero-order valence-electron chi connectivity index (χ0n) is 13.6. The smallest absolute Gasteiger partial charge is 0.254 e. The summed E-state index contributed by atoms with van der Waals surface area (Å²) in [5.41, 5.74) is 0.547. The van der Waals surface area contributed by atoms with Gasteiger partial charge in [-0.05, 0) is 30.7 Å². The summed E-state index contributed by atoms with van der Waals surface area (Å²) in [5, 5.41) is 0. The molecule has 0 aliphatic carbocycles. The van der Waals surface area contributed by atoms with Crippen molar-refractivity contribution < 1.29 is 19.1 Å². The van der Waals surface area contributed by atoms with Gasteiger partial charge in [-0.3, -0.25) is 9.59 Å². The highest BCUT2D eigenvalue weighted by Gasteiger charge is 2.22. The van der Waals surface area contributed by atoms with Crippen LogP contribution in [0.15, 0.2) is 30.9 Å². The lowest BCUT2D eigenvalue weighted by molar-refractivity contribution is -0.125. The standard InChI is InChI=1S/C17H22N2O4/c1-4-16(20)18-8-5-9-19(11-10-18)17(21)13-6-7-14(22-2)15(12-13)23-3/h4,6-7,12H,1,5,8-11H2,2-3H3. The van der Waals surface area contributed by atoms with E-state index >= 15 is 0 Å². The Morgan fingerprint density at radius 3 is 2.35 bits per heavy atom. The van der Waals surface area contributed by atoms with Crippen LogP contribution in [-0.2, 0) is 4.79 Å². The number of carbonyl (C=O) groups is 2. The first kappa shape index (κ1) is 16.9. The van der Waals surface area contributed by atoms with Crippen LogP contribution < -0.4 is 9.47 Å². The lowest BCUT2D eigenvalue weighted by Crippen LogP contribution is -2.36. The molecular formula is C17H22N2O4. The molecule has 0 saturated carbocycles. The van der Waals surface area contributed by atoms with Crippen LogP contribution in [0, 0.1) is 0 Å². The van der Waals surface area contributed by atoms with Crippen molar-refractivity contribution in [1.82, 2.24) is 9.80 Å². The van der Waals surface area contributed by atoms with Crippen molar-refractivity contribution in [2.45, 2.75) is 6.42 Å². The van der Waals surface area contributed by atoms with Crippen LogP contribution in [0.1, 0.15) is 16.8 Å². The molecule has 1 aliphatic rings. The molecule has 0 spiro atoms. The molecule has 23 heavy (non-hydrogen) atoms. The summed E-state index contributed by atoms with van der Waals surface area (Å²) in [7, 11) is 3.09. The molecule has 0 bridgehead atoms. The minimum absolute atomic E-state index is 0.0705. The molecule has 1 saturated heterocycles. The molecular weight excluding hydrogens is 296 g/mol. The van der Waals surface area contributed by atoms with E-state index in [-0.39, 0.29) is 11.8 Å². The maximum Gasteiger partial charge on any atom is 0.254 e. The van der Waals surface area contributed by atoms with Crippen LogP contribution in [0.3, 0.4) is 0 Å². The van der Waals surface area contributed by atoms with Gasteiger partial charge in [-0.15, -0.1) is 0 Å². The summed E-state index contributed by atoms with van der Waals surface area (Å²) in [6, 6.07) is 5.12. The topological polar surface area (TPSA) is 59.1 Å². The quantitative estimate of drug-likeness (QED) is 0.791. The second kappa shape index (κ2) is 7.67. The van der Waals surface area contributed by atoms with Crippen molar-refractivity contribution >= 4 is 11.8 Å². The number of hydrogen-bond donors (Lipinski definition) is 0. The zero-order valence-corrected chi connectivity index (χ0v) is 13.6. The van der Waals surface area contributed by atoms with Gasteiger partial charge in [-0.1, -0.05) is 6.58 Å². The largest absolute Gasteiger partial charge is 0.493 e. The normalized spacial score (nSPS) is 14.9. The lowest BCUT2D eigenvalue weighted by Gasteiger charge is -2.22. The Kier molecular flexibility index (Phi) is 5.62. The third-order valence-corrected chi connectivity index (χ3v) is 3.90. The number of ether oxygens (including phenoxy) is 2. The summed E-state index contributed by atoms with van der Waals surface area (Å²) >= 11 is 0. The number of benzene rings is 1. The maximum absolute atomic E-state index is 12.7. The minimum Gasteiger partial charge on any atom is -0.493 e. The monoisotopic (exact) mass is 318 g/mol. The third kappa shape index (κ3) is 3.83. The van der Waals surface area contributed by atoms with E-state index in [0.29, 0.717) is 43.2 Å². The highest BCUT2D eigenvalue weighted by atomic mass is 16.5. The number of amides is 2. The van der Waals surface area contributed by atoms with Gasteiger partial charge < -0.3 is 19.3 Å². The summed E-state index contributed by atoms with van der Waals surface area (Å²) in [4.78, 5) is 27.8. The van der Waals surface area contributed by atoms with Gasteiger partial charge >= 0.3 is 0 Å². The Balaban J connectivity index is 2.11.